The van der Waals surface area contributed by atoms with Crippen LogP contribution in [0.5, 0.6) is 17.2 Å². The number of ether oxygens (including phenoxy) is 4. The molecule has 6 N–H and O–H groups in total. The van der Waals surface area contributed by atoms with Crippen LogP contribution in [-0.4, -0.2) is 64.6 Å². The van der Waals surface area contributed by atoms with Crippen LogP contribution >= 0.6 is 0 Å². The van der Waals surface area contributed by atoms with E-state index in [4.69, 9.17) is 29.1 Å². The van der Waals surface area contributed by atoms with E-state index >= 15 is 0 Å². The Morgan fingerprint density at radius 3 is 2.50 bits per heavy atom. The molecule has 236 valence electrons. The lowest BCUT2D eigenvalue weighted by atomic mass is 9.89. The smallest absolute Gasteiger partial charge is 0.404 e. The summed E-state index contributed by atoms with van der Waals surface area (Å²) in [6, 6.07) is 7.12. The van der Waals surface area contributed by atoms with Gasteiger partial charge in [-0.2, -0.15) is 0 Å². The minimum Gasteiger partial charge on any atom is -0.508 e. The van der Waals surface area contributed by atoms with Gasteiger partial charge in [0.2, 0.25) is 6.29 Å². The van der Waals surface area contributed by atoms with Gasteiger partial charge < -0.3 is 49.7 Å². The molecule has 1 aromatic heterocycles. The van der Waals surface area contributed by atoms with E-state index in [2.05, 4.69) is 5.32 Å². The lowest BCUT2D eigenvalue weighted by molar-refractivity contribution is -0.304. The molecule has 1 aliphatic rings. The molecule has 0 unspecified atom stereocenters. The Bertz CT molecular complexity index is 1670. The Hall–Kier alpha value is -4.59. The summed E-state index contributed by atoms with van der Waals surface area (Å²) in [6.45, 7) is 8.69. The Labute approximate surface area is 252 Å². The molecule has 1 fully saturated rings. The number of anilines is 1. The summed E-state index contributed by atoms with van der Waals surface area (Å²) >= 11 is 0. The average Bonchev–Trinajstić information content (AvgIpc) is 2.94. The Kier molecular flexibility index (Phi) is 9.23. The minimum absolute atomic E-state index is 0.0183. The number of nitrogens with two attached hydrogens (primary N) is 1. The quantitative estimate of drug-likeness (QED) is 0.184. The molecule has 1 saturated heterocycles. The Balaban J connectivity index is 1.63. The number of primary amides is 1. The molecule has 2 aromatic carbocycles. The summed E-state index contributed by atoms with van der Waals surface area (Å²) in [5, 5.41) is 34.6. The Morgan fingerprint density at radius 2 is 1.86 bits per heavy atom. The van der Waals surface area contributed by atoms with Crippen molar-refractivity contribution in [3.05, 3.63) is 69.1 Å². The van der Waals surface area contributed by atoms with Crippen LogP contribution in [0.4, 0.5) is 10.5 Å². The van der Waals surface area contributed by atoms with Gasteiger partial charge in [0.1, 0.15) is 23.2 Å². The van der Waals surface area contributed by atoms with Crippen LogP contribution in [0.1, 0.15) is 49.2 Å². The molecule has 0 spiro atoms. The molecular weight excluding hydrogens is 576 g/mol. The van der Waals surface area contributed by atoms with Gasteiger partial charge in [0.15, 0.2) is 23.6 Å². The van der Waals surface area contributed by atoms with E-state index in [1.165, 1.54) is 37.4 Å². The van der Waals surface area contributed by atoms with Crippen molar-refractivity contribution < 1.29 is 48.3 Å². The summed E-state index contributed by atoms with van der Waals surface area (Å²) in [4.78, 5) is 37.5. The number of phenolic OH excluding ortho intramolecular Hbond substituents is 1. The molecule has 44 heavy (non-hydrogen) atoms. The first kappa shape index (κ1) is 32.3. The van der Waals surface area contributed by atoms with E-state index < -0.39 is 59.3 Å². The lowest BCUT2D eigenvalue weighted by Crippen LogP contribution is -2.65. The fourth-order valence-corrected chi connectivity index (χ4v) is 5.06. The molecule has 2 heterocycles. The molecule has 0 radical (unpaired) electrons. The third-order valence-corrected chi connectivity index (χ3v) is 7.33. The standard InChI is InChI=1S/C31H36N2O11/c1-14(2)7-8-16-13-17(9-11-19(16)34)27(37)33-21-22(35)18-10-12-20(15(3)24(18)42-28(21)38)41-29-23(36)25(43-30(32)39)26(40-6)31(4,5)44-29/h7,9-13,23,25-26,29,34-36H,8H2,1-6H3,(H2,32,39)(H,33,37)/t23-,25+,26+,29+/m0/s1. The van der Waals surface area contributed by atoms with Crippen molar-refractivity contribution in [1.82, 2.24) is 0 Å². The van der Waals surface area contributed by atoms with Crippen molar-refractivity contribution >= 4 is 28.7 Å². The highest BCUT2D eigenvalue weighted by atomic mass is 16.7. The monoisotopic (exact) mass is 612 g/mol. The molecule has 2 amide bonds. The van der Waals surface area contributed by atoms with Crippen LogP contribution in [0.15, 0.2) is 51.2 Å². The van der Waals surface area contributed by atoms with Crippen LogP contribution < -0.4 is 21.4 Å². The van der Waals surface area contributed by atoms with Gasteiger partial charge in [-0.3, -0.25) is 4.79 Å². The number of hydrogen-bond donors (Lipinski definition) is 5. The number of nitrogens with one attached hydrogen (secondary N) is 1. The van der Waals surface area contributed by atoms with E-state index in [0.717, 1.165) is 5.57 Å². The van der Waals surface area contributed by atoms with Gasteiger partial charge in [0.25, 0.3) is 5.91 Å². The number of benzene rings is 2. The topological polar surface area (TPSA) is 200 Å². The van der Waals surface area contributed by atoms with Crippen molar-refractivity contribution in [2.24, 2.45) is 5.73 Å². The summed E-state index contributed by atoms with van der Waals surface area (Å²) in [5.41, 5.74) is 4.54. The number of aromatic hydroxyl groups is 2. The number of allylic oxidation sites excluding steroid dienone is 2. The van der Waals surface area contributed by atoms with Gasteiger partial charge in [-0.25, -0.2) is 9.59 Å². The Morgan fingerprint density at radius 1 is 1.16 bits per heavy atom. The third kappa shape index (κ3) is 6.49. The van der Waals surface area contributed by atoms with Crippen molar-refractivity contribution in [3.63, 3.8) is 0 Å². The lowest BCUT2D eigenvalue weighted by Gasteiger charge is -2.47. The molecule has 0 bridgehead atoms. The van der Waals surface area contributed by atoms with Crippen molar-refractivity contribution in [2.75, 3.05) is 12.4 Å². The van der Waals surface area contributed by atoms with Crippen LogP contribution in [-0.2, 0) is 20.6 Å². The first-order valence-corrected chi connectivity index (χ1v) is 13.7. The fraction of sp³-hybridized carbons (Fsp3) is 0.387. The number of aliphatic hydroxyl groups is 1. The van der Waals surface area contributed by atoms with E-state index in [9.17, 15) is 29.7 Å². The first-order chi connectivity index (χ1) is 20.6. The highest BCUT2D eigenvalue weighted by Gasteiger charge is 2.53. The summed E-state index contributed by atoms with van der Waals surface area (Å²) in [6.07, 6.45) is -3.81. The highest BCUT2D eigenvalue weighted by Crippen LogP contribution is 2.38. The number of carbonyl (C=O) groups excluding carboxylic acids is 2. The zero-order valence-electron chi connectivity index (χ0n) is 25.2. The second kappa shape index (κ2) is 12.6. The average molecular weight is 613 g/mol. The number of rotatable bonds is 8. The normalized spacial score (nSPS) is 21.0. The van der Waals surface area contributed by atoms with E-state index in [1.807, 2.05) is 19.9 Å². The molecule has 13 heteroatoms. The maximum atomic E-state index is 13.0. The van der Waals surface area contributed by atoms with Crippen molar-refractivity contribution in [3.8, 4) is 17.2 Å². The molecule has 1 aliphatic heterocycles. The van der Waals surface area contributed by atoms with Crippen molar-refractivity contribution in [2.45, 2.75) is 71.2 Å². The number of hydrogen-bond acceptors (Lipinski definition) is 11. The van der Waals surface area contributed by atoms with Gasteiger partial charge >= 0.3 is 11.7 Å². The molecule has 0 saturated carbocycles. The predicted molar refractivity (Wildman–Crippen MR) is 159 cm³/mol. The number of methoxy groups -OCH3 is 1. The molecule has 4 atom stereocenters. The molecule has 3 aromatic rings. The van der Waals surface area contributed by atoms with Crippen LogP contribution in [0.25, 0.3) is 11.0 Å². The van der Waals surface area contributed by atoms with Gasteiger partial charge in [0.05, 0.1) is 11.0 Å². The van der Waals surface area contributed by atoms with Crippen molar-refractivity contribution in [1.29, 1.82) is 0 Å². The molecule has 4 rings (SSSR count). The van der Waals surface area contributed by atoms with Crippen LogP contribution in [0.3, 0.4) is 0 Å². The first-order valence-electron chi connectivity index (χ1n) is 13.7. The summed E-state index contributed by atoms with van der Waals surface area (Å²) in [7, 11) is 1.37. The number of phenols is 1. The molecular formula is C31H36N2O11. The minimum atomic E-state index is -1.52. The van der Waals surface area contributed by atoms with Gasteiger partial charge in [-0.1, -0.05) is 11.6 Å². The molecule has 13 nitrogen and oxygen atoms in total. The maximum Gasteiger partial charge on any atom is 0.404 e. The third-order valence-electron chi connectivity index (χ3n) is 7.33. The number of aliphatic hydroxyl groups excluding tert-OH is 1. The van der Waals surface area contributed by atoms with Gasteiger partial charge in [-0.05, 0) is 76.9 Å². The number of aryl methyl sites for hydroxylation is 1. The van der Waals surface area contributed by atoms with Crippen LogP contribution in [0.2, 0.25) is 0 Å². The summed E-state index contributed by atoms with van der Waals surface area (Å²) in [5.74, 6) is -1.09. The van der Waals surface area contributed by atoms with Crippen LogP contribution in [0, 0.1) is 6.92 Å². The number of amides is 2. The zero-order chi connectivity index (χ0) is 32.5. The number of carbonyl (C=O) groups is 2. The van der Waals surface area contributed by atoms with Gasteiger partial charge in [-0.15, -0.1) is 0 Å². The van der Waals surface area contributed by atoms with E-state index in [0.29, 0.717) is 12.0 Å². The van der Waals surface area contributed by atoms with Gasteiger partial charge in [0, 0.05) is 18.2 Å². The fourth-order valence-electron chi connectivity index (χ4n) is 5.06. The second-order valence-corrected chi connectivity index (χ2v) is 11.2. The van der Waals surface area contributed by atoms with E-state index in [-0.39, 0.29) is 33.6 Å². The summed E-state index contributed by atoms with van der Waals surface area (Å²) < 4.78 is 27.9. The number of fused-ring (bicyclic) bond motifs is 1. The zero-order valence-corrected chi connectivity index (χ0v) is 25.2. The maximum absolute atomic E-state index is 13.0. The van der Waals surface area contributed by atoms with E-state index in [1.54, 1.807) is 20.8 Å². The SMILES string of the molecule is CO[C@@H]1[C@H](OC(N)=O)[C@H](O)[C@H](Oc2ccc3c(O)c(NC(=O)c4ccc(O)c(CC=C(C)C)c4)c(=O)oc3c2C)OC1(C)C. The highest BCUT2D eigenvalue weighted by molar-refractivity contribution is 6.06. The molecule has 0 aliphatic carbocycles. The predicted octanol–water partition coefficient (Wildman–Crippen LogP) is 3.63. The largest absolute Gasteiger partial charge is 0.508 e. The second-order valence-electron chi connectivity index (χ2n) is 11.2.